The first-order valence-electron chi connectivity index (χ1n) is 8.34. The SMILES string of the molecule is COC(=O)C1CN(C(=O)OC(C)(C)C)CC(Cc2ccccc2)C1=O. The Labute approximate surface area is 148 Å². The van der Waals surface area contributed by atoms with E-state index < -0.39 is 29.5 Å². The van der Waals surface area contributed by atoms with Gasteiger partial charge < -0.3 is 14.4 Å². The van der Waals surface area contributed by atoms with E-state index in [2.05, 4.69) is 0 Å². The van der Waals surface area contributed by atoms with E-state index in [9.17, 15) is 14.4 Å². The lowest BCUT2D eigenvalue weighted by molar-refractivity contribution is -0.153. The second kappa shape index (κ2) is 7.68. The van der Waals surface area contributed by atoms with Gasteiger partial charge in [-0.2, -0.15) is 0 Å². The van der Waals surface area contributed by atoms with Crippen LogP contribution in [-0.4, -0.2) is 48.5 Å². The van der Waals surface area contributed by atoms with E-state index in [0.29, 0.717) is 6.42 Å². The van der Waals surface area contributed by atoms with Crippen molar-refractivity contribution < 1.29 is 23.9 Å². The molecule has 2 atom stereocenters. The normalized spacial score (nSPS) is 21.0. The van der Waals surface area contributed by atoms with Crippen LogP contribution in [0.4, 0.5) is 4.79 Å². The highest BCUT2D eigenvalue weighted by molar-refractivity contribution is 6.01. The molecule has 1 amide bonds. The molecule has 1 aliphatic rings. The summed E-state index contributed by atoms with van der Waals surface area (Å²) in [7, 11) is 1.24. The third-order valence-corrected chi connectivity index (χ3v) is 4.05. The Kier molecular flexibility index (Phi) is 5.82. The number of benzene rings is 1. The highest BCUT2D eigenvalue weighted by Crippen LogP contribution is 2.24. The molecular weight excluding hydrogens is 322 g/mol. The third kappa shape index (κ3) is 5.05. The van der Waals surface area contributed by atoms with Crippen LogP contribution in [-0.2, 0) is 25.5 Å². The second-order valence-electron chi connectivity index (χ2n) is 7.25. The summed E-state index contributed by atoms with van der Waals surface area (Å²) in [6, 6.07) is 9.54. The fraction of sp³-hybridized carbons (Fsp3) is 0.526. The van der Waals surface area contributed by atoms with Crippen molar-refractivity contribution in [2.75, 3.05) is 20.2 Å². The molecule has 0 aromatic heterocycles. The number of Topliss-reactive ketones (excluding diaryl/α,β-unsaturated/α-hetero) is 1. The number of methoxy groups -OCH3 is 1. The van der Waals surface area contributed by atoms with Crippen LogP contribution in [0.2, 0.25) is 0 Å². The minimum Gasteiger partial charge on any atom is -0.468 e. The summed E-state index contributed by atoms with van der Waals surface area (Å²) in [5.74, 6) is -2.24. The molecule has 136 valence electrons. The molecule has 2 unspecified atom stereocenters. The van der Waals surface area contributed by atoms with E-state index in [0.717, 1.165) is 5.56 Å². The molecule has 1 aromatic rings. The van der Waals surface area contributed by atoms with Crippen molar-refractivity contribution in [2.24, 2.45) is 11.8 Å². The summed E-state index contributed by atoms with van der Waals surface area (Å²) in [4.78, 5) is 38.6. The molecular formula is C19H25NO5. The van der Waals surface area contributed by atoms with E-state index in [4.69, 9.17) is 9.47 Å². The predicted octanol–water partition coefficient (Wildman–Crippen LogP) is 2.45. The summed E-state index contributed by atoms with van der Waals surface area (Å²) < 4.78 is 10.1. The molecule has 1 aromatic carbocycles. The van der Waals surface area contributed by atoms with E-state index in [1.54, 1.807) is 20.8 Å². The largest absolute Gasteiger partial charge is 0.468 e. The molecule has 0 N–H and O–H groups in total. The Hall–Kier alpha value is -2.37. The zero-order valence-electron chi connectivity index (χ0n) is 15.2. The number of carbonyl (C=O) groups excluding carboxylic acids is 3. The van der Waals surface area contributed by atoms with E-state index >= 15 is 0 Å². The quantitative estimate of drug-likeness (QED) is 0.620. The Morgan fingerprint density at radius 3 is 2.36 bits per heavy atom. The summed E-state index contributed by atoms with van der Waals surface area (Å²) in [5, 5.41) is 0. The smallest absolute Gasteiger partial charge is 0.410 e. The van der Waals surface area contributed by atoms with Crippen LogP contribution in [0.3, 0.4) is 0 Å². The molecule has 1 fully saturated rings. The van der Waals surface area contributed by atoms with Gasteiger partial charge in [-0.05, 0) is 32.8 Å². The summed E-state index contributed by atoms with van der Waals surface area (Å²) >= 11 is 0. The fourth-order valence-corrected chi connectivity index (χ4v) is 2.90. The zero-order valence-corrected chi connectivity index (χ0v) is 15.2. The van der Waals surface area contributed by atoms with Crippen LogP contribution in [0.15, 0.2) is 30.3 Å². The molecule has 25 heavy (non-hydrogen) atoms. The van der Waals surface area contributed by atoms with Crippen LogP contribution in [0.1, 0.15) is 26.3 Å². The number of ether oxygens (including phenoxy) is 2. The standard InChI is InChI=1S/C19H25NO5/c1-19(2,3)25-18(23)20-11-14(10-13-8-6-5-7-9-13)16(21)15(12-20)17(22)24-4/h5-9,14-15H,10-12H2,1-4H3. The minimum absolute atomic E-state index is 0.00822. The topological polar surface area (TPSA) is 72.9 Å². The molecule has 0 spiro atoms. The first-order chi connectivity index (χ1) is 11.7. The van der Waals surface area contributed by atoms with Gasteiger partial charge in [0.1, 0.15) is 11.5 Å². The van der Waals surface area contributed by atoms with Gasteiger partial charge in [-0.15, -0.1) is 0 Å². The van der Waals surface area contributed by atoms with Crippen LogP contribution in [0.25, 0.3) is 0 Å². The number of ketones is 1. The lowest BCUT2D eigenvalue weighted by Crippen LogP contribution is -2.53. The maximum atomic E-state index is 12.7. The molecule has 0 saturated carbocycles. The number of hydrogen-bond acceptors (Lipinski definition) is 5. The van der Waals surface area contributed by atoms with Gasteiger partial charge in [-0.25, -0.2) is 4.79 Å². The van der Waals surface area contributed by atoms with Crippen molar-refractivity contribution in [1.82, 2.24) is 4.90 Å². The van der Waals surface area contributed by atoms with Crippen LogP contribution < -0.4 is 0 Å². The maximum absolute atomic E-state index is 12.7. The molecule has 0 bridgehead atoms. The maximum Gasteiger partial charge on any atom is 0.410 e. The van der Waals surface area contributed by atoms with Crippen LogP contribution in [0, 0.1) is 11.8 Å². The highest BCUT2D eigenvalue weighted by atomic mass is 16.6. The van der Waals surface area contributed by atoms with Crippen LogP contribution in [0.5, 0.6) is 0 Å². The van der Waals surface area contributed by atoms with Gasteiger partial charge in [0, 0.05) is 19.0 Å². The first kappa shape index (κ1) is 19.0. The Morgan fingerprint density at radius 2 is 1.80 bits per heavy atom. The van der Waals surface area contributed by atoms with E-state index in [1.165, 1.54) is 12.0 Å². The highest BCUT2D eigenvalue weighted by Gasteiger charge is 2.42. The van der Waals surface area contributed by atoms with Crippen molar-refractivity contribution in [3.05, 3.63) is 35.9 Å². The van der Waals surface area contributed by atoms with Crippen molar-refractivity contribution in [2.45, 2.75) is 32.8 Å². The van der Waals surface area contributed by atoms with Gasteiger partial charge in [0.2, 0.25) is 0 Å². The number of carbonyl (C=O) groups is 3. The summed E-state index contributed by atoms with van der Waals surface area (Å²) in [5.41, 5.74) is 0.337. The number of esters is 1. The molecule has 1 saturated heterocycles. The Balaban J connectivity index is 2.20. The van der Waals surface area contributed by atoms with Gasteiger partial charge >= 0.3 is 12.1 Å². The number of hydrogen-bond donors (Lipinski definition) is 0. The van der Waals surface area contributed by atoms with E-state index in [-0.39, 0.29) is 18.9 Å². The number of nitrogens with zero attached hydrogens (tertiary/aromatic N) is 1. The molecule has 6 nitrogen and oxygen atoms in total. The number of rotatable bonds is 3. The number of likely N-dealkylation sites (tertiary alicyclic amines) is 1. The molecule has 0 radical (unpaired) electrons. The van der Waals surface area contributed by atoms with Gasteiger partial charge in [0.25, 0.3) is 0 Å². The summed E-state index contributed by atoms with van der Waals surface area (Å²) in [6.45, 7) is 5.56. The fourth-order valence-electron chi connectivity index (χ4n) is 2.90. The first-order valence-corrected chi connectivity index (χ1v) is 8.34. The van der Waals surface area contributed by atoms with Crippen molar-refractivity contribution >= 4 is 17.8 Å². The monoisotopic (exact) mass is 347 g/mol. The van der Waals surface area contributed by atoms with Crippen molar-refractivity contribution in [3.63, 3.8) is 0 Å². The average molecular weight is 347 g/mol. The molecule has 6 heteroatoms. The Morgan fingerprint density at radius 1 is 1.16 bits per heavy atom. The van der Waals surface area contributed by atoms with Crippen molar-refractivity contribution in [3.8, 4) is 0 Å². The third-order valence-electron chi connectivity index (χ3n) is 4.05. The van der Waals surface area contributed by atoms with Gasteiger partial charge in [0.05, 0.1) is 7.11 Å². The van der Waals surface area contributed by atoms with Crippen molar-refractivity contribution in [1.29, 1.82) is 0 Å². The minimum atomic E-state index is -0.972. The molecule has 1 aliphatic heterocycles. The molecule has 0 aliphatic carbocycles. The zero-order chi connectivity index (χ0) is 18.6. The lowest BCUT2D eigenvalue weighted by atomic mass is 9.84. The molecule has 1 heterocycles. The summed E-state index contributed by atoms with van der Waals surface area (Å²) in [6.07, 6.45) is -0.0566. The van der Waals surface area contributed by atoms with Gasteiger partial charge in [0.15, 0.2) is 5.78 Å². The van der Waals surface area contributed by atoms with E-state index in [1.807, 2.05) is 30.3 Å². The Bertz CT molecular complexity index is 635. The van der Waals surface area contributed by atoms with Gasteiger partial charge in [-0.3, -0.25) is 9.59 Å². The lowest BCUT2D eigenvalue weighted by Gasteiger charge is -2.36. The second-order valence-corrected chi connectivity index (χ2v) is 7.25. The van der Waals surface area contributed by atoms with Crippen LogP contribution >= 0.6 is 0 Å². The van der Waals surface area contributed by atoms with Gasteiger partial charge in [-0.1, -0.05) is 30.3 Å². The average Bonchev–Trinajstić information content (AvgIpc) is 2.55. The predicted molar refractivity (Wildman–Crippen MR) is 92.0 cm³/mol. The number of piperidine rings is 1. The number of amides is 1. The molecule has 2 rings (SSSR count).